The van der Waals surface area contributed by atoms with Crippen molar-refractivity contribution >= 4 is 106 Å². The summed E-state index contributed by atoms with van der Waals surface area (Å²) in [5.74, 6) is -0.209. The number of hydrogen-bond donors (Lipinski definition) is 0. The van der Waals surface area contributed by atoms with Gasteiger partial charge in [-0.25, -0.2) is 4.90 Å². The Labute approximate surface area is 499 Å². The number of carbonyl (C=O) groups is 2. The van der Waals surface area contributed by atoms with Crippen molar-refractivity contribution in [3.8, 4) is 39.7 Å². The monoisotopic (exact) mass is 1150 g/mol. The molecule has 2 amide bonds. The first-order valence-corrected chi connectivity index (χ1v) is 34.5. The average molecular weight is 1150 g/mol. The highest BCUT2D eigenvalue weighted by Gasteiger charge is 2.38. The lowest BCUT2D eigenvalue weighted by atomic mass is 9.83. The van der Waals surface area contributed by atoms with Gasteiger partial charge in [0.2, 0.25) is 0 Å². The SMILES string of the molecule is CCCCCCc1ccsc1-c1cc(CCCCCC)c(-c2cc(CCCCCC)c(-c3cc(CCCCCC)c(-c4ccc5c6ccc7c8c(ccc(c9cccc4c95)c86)C(=O)N(c4c(C(C)C)cccc4C(C)C)C7=O)s3)s2)s1. The molecule has 81 heavy (non-hydrogen) atoms. The van der Waals surface area contributed by atoms with Crippen LogP contribution >= 0.6 is 45.3 Å². The number of thiophene rings is 4. The summed E-state index contributed by atoms with van der Waals surface area (Å²) in [4.78, 5) is 41.8. The molecule has 6 aromatic carbocycles. The van der Waals surface area contributed by atoms with E-state index in [1.54, 1.807) is 5.56 Å². The van der Waals surface area contributed by atoms with E-state index in [-0.39, 0.29) is 23.7 Å². The van der Waals surface area contributed by atoms with Crippen LogP contribution in [0.25, 0.3) is 82.8 Å². The Bertz CT molecular complexity index is 3760. The van der Waals surface area contributed by atoms with Crippen molar-refractivity contribution in [3.05, 3.63) is 147 Å². The van der Waals surface area contributed by atoms with Crippen LogP contribution in [0.1, 0.15) is 224 Å². The fraction of sp³-hybridized carbons (Fsp3) is 0.405. The number of carbonyl (C=O) groups excluding carboxylic acids is 2. The quantitative estimate of drug-likeness (QED) is 0.0223. The fourth-order valence-corrected chi connectivity index (χ4v) is 18.3. The molecule has 0 fully saturated rings. The first-order chi connectivity index (χ1) is 39.6. The van der Waals surface area contributed by atoms with Crippen LogP contribution in [0.3, 0.4) is 0 Å². The van der Waals surface area contributed by atoms with E-state index in [9.17, 15) is 0 Å². The second-order valence-electron chi connectivity index (χ2n) is 23.9. The van der Waals surface area contributed by atoms with Gasteiger partial charge in [0.15, 0.2) is 0 Å². The standard InChI is InChI=1S/C74H83NO2S4/c1-9-13-17-21-27-48-41-42-78-70(48)62-44-50(29-23-19-15-11-3)72(80-62)64-45-51(30-24-20-16-12-4)71(81-64)63-43-49(28-22-18-14-10-2)69(79-63)59-38-35-56-58-37-40-61-67-60(39-36-57(66(58)67)54-33-26-34-55(59)65(54)56)73(76)75(74(61)77)68-52(46(5)6)31-25-32-53(68)47(7)8/h25-26,31-47H,9-24,27-30H2,1-8H3. The van der Waals surface area contributed by atoms with Crippen LogP contribution in [0.2, 0.25) is 0 Å². The zero-order chi connectivity index (χ0) is 56.3. The predicted octanol–water partition coefficient (Wildman–Crippen LogP) is 24.2. The van der Waals surface area contributed by atoms with Gasteiger partial charge in [-0.15, -0.1) is 45.3 Å². The zero-order valence-corrected chi connectivity index (χ0v) is 52.8. The van der Waals surface area contributed by atoms with Crippen molar-refractivity contribution in [1.82, 2.24) is 0 Å². The van der Waals surface area contributed by atoms with E-state index >= 15 is 9.59 Å². The Hall–Kier alpha value is -5.44. The van der Waals surface area contributed by atoms with Crippen molar-refractivity contribution in [3.63, 3.8) is 0 Å². The van der Waals surface area contributed by atoms with Gasteiger partial charge in [-0.2, -0.15) is 0 Å². The lowest BCUT2D eigenvalue weighted by Crippen LogP contribution is -2.41. The van der Waals surface area contributed by atoms with Crippen LogP contribution in [0.15, 0.2) is 102 Å². The van der Waals surface area contributed by atoms with Crippen molar-refractivity contribution in [2.45, 2.75) is 196 Å². The first-order valence-electron chi connectivity index (χ1n) is 31.2. The number of benzene rings is 6. The van der Waals surface area contributed by atoms with Crippen molar-refractivity contribution < 1.29 is 9.59 Å². The predicted molar refractivity (Wildman–Crippen MR) is 358 cm³/mol. The summed E-state index contributed by atoms with van der Waals surface area (Å²) in [6, 6.07) is 36.4. The Morgan fingerprint density at radius 1 is 0.383 bits per heavy atom. The molecule has 0 saturated heterocycles. The maximum atomic E-state index is 15.0. The van der Waals surface area contributed by atoms with Gasteiger partial charge in [0.05, 0.1) is 5.69 Å². The van der Waals surface area contributed by atoms with Gasteiger partial charge in [-0.1, -0.05) is 193 Å². The molecule has 1 aliphatic rings. The van der Waals surface area contributed by atoms with E-state index in [2.05, 4.69) is 168 Å². The minimum Gasteiger partial charge on any atom is -0.268 e. The van der Waals surface area contributed by atoms with Gasteiger partial charge in [0.1, 0.15) is 0 Å². The van der Waals surface area contributed by atoms with E-state index in [0.717, 1.165) is 57.6 Å². The summed E-state index contributed by atoms with van der Waals surface area (Å²) in [7, 11) is 0. The molecule has 7 heteroatoms. The smallest absolute Gasteiger partial charge is 0.266 e. The van der Waals surface area contributed by atoms with Crippen LogP contribution in [0, 0.1) is 0 Å². The van der Waals surface area contributed by atoms with Gasteiger partial charge >= 0.3 is 0 Å². The Kier molecular flexibility index (Phi) is 18.1. The molecule has 0 N–H and O–H groups in total. The molecule has 0 saturated carbocycles. The van der Waals surface area contributed by atoms with E-state index < -0.39 is 0 Å². The summed E-state index contributed by atoms with van der Waals surface area (Å²) in [5, 5.41) is 11.2. The molecule has 4 aromatic heterocycles. The largest absolute Gasteiger partial charge is 0.268 e. The Morgan fingerprint density at radius 2 is 0.790 bits per heavy atom. The number of para-hydroxylation sites is 1. The maximum Gasteiger partial charge on any atom is 0.266 e. The van der Waals surface area contributed by atoms with E-state index in [1.807, 2.05) is 34.8 Å². The molecule has 0 aliphatic carbocycles. The number of anilines is 1. The van der Waals surface area contributed by atoms with E-state index in [0.29, 0.717) is 11.1 Å². The molecule has 420 valence electrons. The molecule has 0 spiro atoms. The number of imide groups is 1. The molecule has 0 atom stereocenters. The third-order valence-electron chi connectivity index (χ3n) is 17.5. The van der Waals surface area contributed by atoms with Gasteiger partial charge < -0.3 is 0 Å². The first kappa shape index (κ1) is 57.4. The van der Waals surface area contributed by atoms with Crippen molar-refractivity contribution in [2.75, 3.05) is 4.90 Å². The molecule has 5 heterocycles. The van der Waals surface area contributed by atoms with Crippen LogP contribution in [0.5, 0.6) is 0 Å². The van der Waals surface area contributed by atoms with Crippen LogP contribution in [0.4, 0.5) is 5.69 Å². The highest BCUT2D eigenvalue weighted by Crippen LogP contribution is 2.53. The van der Waals surface area contributed by atoms with Crippen LogP contribution in [-0.2, 0) is 25.7 Å². The Morgan fingerprint density at radius 3 is 1.28 bits per heavy atom. The third-order valence-corrected chi connectivity index (χ3v) is 22.6. The molecule has 0 unspecified atom stereocenters. The number of aryl methyl sites for hydroxylation is 4. The number of fused-ring (bicyclic) bond motifs is 2. The van der Waals surface area contributed by atoms with Crippen molar-refractivity contribution in [1.29, 1.82) is 0 Å². The van der Waals surface area contributed by atoms with Gasteiger partial charge in [0, 0.05) is 50.7 Å². The Balaban J connectivity index is 1.03. The highest BCUT2D eigenvalue weighted by atomic mass is 32.1. The summed E-state index contributed by atoms with van der Waals surface area (Å²) < 4.78 is 0. The lowest BCUT2D eigenvalue weighted by molar-refractivity contribution is 0.0893. The molecule has 0 bridgehead atoms. The topological polar surface area (TPSA) is 37.4 Å². The lowest BCUT2D eigenvalue weighted by Gasteiger charge is -2.32. The number of nitrogens with zero attached hydrogens (tertiary/aromatic N) is 1. The molecule has 11 rings (SSSR count). The highest BCUT2D eigenvalue weighted by molar-refractivity contribution is 7.29. The zero-order valence-electron chi connectivity index (χ0n) is 49.5. The summed E-state index contributed by atoms with van der Waals surface area (Å²) >= 11 is 8.10. The molecule has 3 nitrogen and oxygen atoms in total. The molecule has 1 aliphatic heterocycles. The number of rotatable bonds is 27. The van der Waals surface area contributed by atoms with Crippen LogP contribution < -0.4 is 4.90 Å². The molecular formula is C74H83NO2S4. The average Bonchev–Trinajstić information content (AvgIpc) is 3.79. The van der Waals surface area contributed by atoms with E-state index in [4.69, 9.17) is 0 Å². The van der Waals surface area contributed by atoms with Gasteiger partial charge in [-0.05, 0) is 182 Å². The summed E-state index contributed by atoms with van der Waals surface area (Å²) in [6.45, 7) is 17.8. The number of amides is 2. The minimum atomic E-state index is -0.240. The van der Waals surface area contributed by atoms with Crippen molar-refractivity contribution in [2.24, 2.45) is 0 Å². The van der Waals surface area contributed by atoms with Gasteiger partial charge in [0.25, 0.3) is 11.8 Å². The summed E-state index contributed by atoms with van der Waals surface area (Å²) in [6.07, 6.45) is 24.6. The van der Waals surface area contributed by atoms with Crippen LogP contribution in [-0.4, -0.2) is 11.8 Å². The third kappa shape index (κ3) is 11.2. The molecular weight excluding hydrogens is 1060 g/mol. The number of hydrogen-bond acceptors (Lipinski definition) is 6. The second-order valence-corrected chi connectivity index (χ2v) is 28.0. The van der Waals surface area contributed by atoms with Gasteiger partial charge in [-0.3, -0.25) is 9.59 Å². The second kappa shape index (κ2) is 25.6. The molecule has 10 aromatic rings. The maximum absolute atomic E-state index is 15.0. The minimum absolute atomic E-state index is 0.135. The normalized spacial score (nSPS) is 12.9. The van der Waals surface area contributed by atoms with E-state index in [1.165, 1.54) is 192 Å². The number of unbranched alkanes of at least 4 members (excludes halogenated alkanes) is 12. The summed E-state index contributed by atoms with van der Waals surface area (Å²) in [5.41, 5.74) is 11.3. The molecule has 0 radical (unpaired) electrons. The fourth-order valence-electron chi connectivity index (χ4n) is 13.2.